The van der Waals surface area contributed by atoms with Crippen molar-refractivity contribution in [3.63, 3.8) is 0 Å². The summed E-state index contributed by atoms with van der Waals surface area (Å²) in [6.07, 6.45) is 5.30. The number of likely N-dealkylation sites (N-methyl/N-ethyl adjacent to an activating group) is 1. The van der Waals surface area contributed by atoms with Crippen LogP contribution in [0, 0.1) is 17.2 Å². The van der Waals surface area contributed by atoms with E-state index in [9.17, 15) is 9.18 Å². The minimum Gasteiger partial charge on any atom is -0.384 e. The average molecular weight is 410 g/mol. The quantitative estimate of drug-likeness (QED) is 0.690. The summed E-state index contributed by atoms with van der Waals surface area (Å²) >= 11 is 0. The molecule has 0 spiro atoms. The molecule has 158 valence electrons. The van der Waals surface area contributed by atoms with E-state index in [1.54, 1.807) is 12.3 Å². The second kappa shape index (κ2) is 8.07. The normalized spacial score (nSPS) is 29.0. The largest absolute Gasteiger partial charge is 0.384 e. The van der Waals surface area contributed by atoms with Gasteiger partial charge in [0.05, 0.1) is 17.6 Å². The molecule has 0 aromatic carbocycles. The molecule has 3 atom stereocenters. The Labute approximate surface area is 176 Å². The zero-order valence-corrected chi connectivity index (χ0v) is 17.3. The highest BCUT2D eigenvalue weighted by Gasteiger charge is 2.55. The van der Waals surface area contributed by atoms with Gasteiger partial charge in [0.2, 0.25) is 5.91 Å². The first-order valence-corrected chi connectivity index (χ1v) is 10.5. The summed E-state index contributed by atoms with van der Waals surface area (Å²) in [4.78, 5) is 19.4. The predicted octanol–water partition coefficient (Wildman–Crippen LogP) is 2.41. The van der Waals surface area contributed by atoms with E-state index in [-0.39, 0.29) is 30.1 Å². The third-order valence-electron chi connectivity index (χ3n) is 6.42. The predicted molar refractivity (Wildman–Crippen MR) is 112 cm³/mol. The van der Waals surface area contributed by atoms with E-state index in [2.05, 4.69) is 25.8 Å². The Hall–Kier alpha value is -2.92. The molecule has 1 aromatic rings. The molecule has 8 heteroatoms. The van der Waals surface area contributed by atoms with Gasteiger partial charge in [0, 0.05) is 37.2 Å². The van der Waals surface area contributed by atoms with Crippen molar-refractivity contribution in [1.29, 1.82) is 5.26 Å². The Morgan fingerprint density at radius 3 is 3.00 bits per heavy atom. The molecular weight excluding hydrogens is 383 g/mol. The van der Waals surface area contributed by atoms with Crippen LogP contribution in [0.5, 0.6) is 0 Å². The van der Waals surface area contributed by atoms with Gasteiger partial charge >= 0.3 is 0 Å². The second-order valence-electron chi connectivity index (χ2n) is 8.28. The van der Waals surface area contributed by atoms with Crippen molar-refractivity contribution in [3.8, 4) is 6.07 Å². The number of nitriles is 1. The van der Waals surface area contributed by atoms with E-state index < -0.39 is 5.54 Å². The van der Waals surface area contributed by atoms with E-state index >= 15 is 0 Å². The number of fused-ring (bicyclic) bond motifs is 1. The molecule has 3 N–H and O–H groups in total. The molecule has 4 rings (SSSR count). The molecule has 2 fully saturated rings. The van der Waals surface area contributed by atoms with Crippen LogP contribution in [0.4, 0.5) is 10.1 Å². The van der Waals surface area contributed by atoms with E-state index in [4.69, 9.17) is 5.26 Å². The number of hydrogen-bond acceptors (Lipinski definition) is 6. The van der Waals surface area contributed by atoms with Crippen LogP contribution in [0.25, 0.3) is 0 Å². The van der Waals surface area contributed by atoms with Crippen LogP contribution in [-0.2, 0) is 4.79 Å². The van der Waals surface area contributed by atoms with Gasteiger partial charge in [-0.15, -0.1) is 0 Å². The lowest BCUT2D eigenvalue weighted by molar-refractivity contribution is -0.131. The van der Waals surface area contributed by atoms with Crippen molar-refractivity contribution in [3.05, 3.63) is 47.3 Å². The molecule has 2 unspecified atom stereocenters. The molecule has 0 radical (unpaired) electrons. The standard InChI is InChI=1S/C22H27FN6O/c1-3-25-19-10-14(23)9-18-20(19)28-21(30)22(18,2)29-8-4-5-17(13-29)27-16-7-6-15(11-24)26-12-16/h6-7,10,12,17-18,25,27H,3-5,8-9,13H2,1-2H3,(H,28,30)/t17-,18?,22?/m1/s1. The fourth-order valence-electron chi connectivity index (χ4n) is 4.82. The van der Waals surface area contributed by atoms with Gasteiger partial charge in [-0.2, -0.15) is 5.26 Å². The van der Waals surface area contributed by atoms with Crippen LogP contribution >= 0.6 is 0 Å². The summed E-state index contributed by atoms with van der Waals surface area (Å²) in [5, 5.41) is 18.6. The Morgan fingerprint density at radius 1 is 1.47 bits per heavy atom. The number of anilines is 1. The molecule has 1 aliphatic carbocycles. The van der Waals surface area contributed by atoms with Gasteiger partial charge in [-0.3, -0.25) is 9.69 Å². The minimum absolute atomic E-state index is 0.0679. The molecule has 2 aliphatic heterocycles. The topological polar surface area (TPSA) is 93.1 Å². The van der Waals surface area contributed by atoms with Gasteiger partial charge in [-0.05, 0) is 51.4 Å². The number of carbonyl (C=O) groups excluding carboxylic acids is 1. The molecule has 7 nitrogen and oxygen atoms in total. The number of carbonyl (C=O) groups is 1. The maximum absolute atomic E-state index is 14.4. The maximum Gasteiger partial charge on any atom is 0.245 e. The molecule has 1 aromatic heterocycles. The van der Waals surface area contributed by atoms with Gasteiger partial charge < -0.3 is 16.0 Å². The number of hydrogen-bond donors (Lipinski definition) is 3. The number of allylic oxidation sites excluding steroid dienone is 2. The summed E-state index contributed by atoms with van der Waals surface area (Å²) in [5.41, 5.74) is 1.91. The number of aromatic nitrogens is 1. The molecule has 1 amide bonds. The van der Waals surface area contributed by atoms with Gasteiger partial charge in [0.15, 0.2) is 0 Å². The first-order chi connectivity index (χ1) is 14.5. The van der Waals surface area contributed by atoms with Crippen molar-refractivity contribution in [2.75, 3.05) is 25.0 Å². The molecule has 0 saturated carbocycles. The fraction of sp³-hybridized carbons (Fsp3) is 0.500. The van der Waals surface area contributed by atoms with Crippen molar-refractivity contribution in [2.45, 2.75) is 44.7 Å². The van der Waals surface area contributed by atoms with E-state index in [1.807, 2.05) is 26.0 Å². The summed E-state index contributed by atoms with van der Waals surface area (Å²) in [7, 11) is 0. The SMILES string of the molecule is CCNC1=C2NC(=O)C(C)(N3CCC[C@@H](Nc4ccc(C#N)nc4)C3)C2CC(F)=C1. The highest BCUT2D eigenvalue weighted by Crippen LogP contribution is 2.44. The number of likely N-dealkylation sites (tertiary alicyclic amines) is 1. The second-order valence-corrected chi connectivity index (χ2v) is 8.28. The molecular formula is C22H27FN6O. The maximum atomic E-state index is 14.4. The highest BCUT2D eigenvalue weighted by atomic mass is 19.1. The van der Waals surface area contributed by atoms with E-state index in [0.717, 1.165) is 30.8 Å². The zero-order valence-electron chi connectivity index (χ0n) is 17.3. The van der Waals surface area contributed by atoms with Crippen LogP contribution in [0.2, 0.25) is 0 Å². The first-order valence-electron chi connectivity index (χ1n) is 10.5. The fourth-order valence-corrected chi connectivity index (χ4v) is 4.82. The first kappa shape index (κ1) is 20.4. The highest BCUT2D eigenvalue weighted by molar-refractivity contribution is 5.92. The number of piperidine rings is 1. The Balaban J connectivity index is 1.54. The van der Waals surface area contributed by atoms with Crippen molar-refractivity contribution in [1.82, 2.24) is 20.5 Å². The molecule has 3 aliphatic rings. The summed E-state index contributed by atoms with van der Waals surface area (Å²) < 4.78 is 14.4. The Bertz CT molecular complexity index is 934. The summed E-state index contributed by atoms with van der Waals surface area (Å²) in [6.45, 7) is 6.02. The number of halogens is 1. The van der Waals surface area contributed by atoms with Gasteiger partial charge in [-0.25, -0.2) is 9.37 Å². The van der Waals surface area contributed by atoms with Gasteiger partial charge in [0.25, 0.3) is 0 Å². The average Bonchev–Trinajstić information content (AvgIpc) is 3.01. The lowest BCUT2D eigenvalue weighted by Gasteiger charge is -2.45. The molecule has 0 bridgehead atoms. The van der Waals surface area contributed by atoms with Gasteiger partial charge in [0.1, 0.15) is 23.1 Å². The van der Waals surface area contributed by atoms with Crippen molar-refractivity contribution < 1.29 is 9.18 Å². The van der Waals surface area contributed by atoms with E-state index in [1.165, 1.54) is 6.08 Å². The minimum atomic E-state index is -0.801. The lowest BCUT2D eigenvalue weighted by Crippen LogP contribution is -2.59. The van der Waals surface area contributed by atoms with Crippen LogP contribution < -0.4 is 16.0 Å². The summed E-state index contributed by atoms with van der Waals surface area (Å²) in [5.74, 6) is -0.501. The smallest absolute Gasteiger partial charge is 0.245 e. The number of nitrogens with zero attached hydrogens (tertiary/aromatic N) is 3. The molecule has 3 heterocycles. The third-order valence-corrected chi connectivity index (χ3v) is 6.42. The van der Waals surface area contributed by atoms with Gasteiger partial charge in [-0.1, -0.05) is 0 Å². The number of rotatable bonds is 5. The van der Waals surface area contributed by atoms with Crippen LogP contribution in [0.15, 0.2) is 41.6 Å². The zero-order chi connectivity index (χ0) is 21.3. The monoisotopic (exact) mass is 410 g/mol. The Morgan fingerprint density at radius 2 is 2.30 bits per heavy atom. The van der Waals surface area contributed by atoms with Crippen molar-refractivity contribution in [2.24, 2.45) is 5.92 Å². The van der Waals surface area contributed by atoms with Crippen LogP contribution in [0.3, 0.4) is 0 Å². The Kier molecular flexibility index (Phi) is 5.48. The molecule has 30 heavy (non-hydrogen) atoms. The third kappa shape index (κ3) is 3.54. The molecule has 2 saturated heterocycles. The number of amides is 1. The summed E-state index contributed by atoms with van der Waals surface area (Å²) in [6, 6.07) is 5.69. The number of pyridine rings is 1. The van der Waals surface area contributed by atoms with Crippen LogP contribution in [0.1, 0.15) is 38.8 Å². The van der Waals surface area contributed by atoms with E-state index in [0.29, 0.717) is 24.5 Å². The van der Waals surface area contributed by atoms with Crippen LogP contribution in [-0.4, -0.2) is 47.0 Å². The van der Waals surface area contributed by atoms with Crippen molar-refractivity contribution >= 4 is 11.6 Å². The number of nitrogens with one attached hydrogen (secondary N) is 3. The lowest BCUT2D eigenvalue weighted by atomic mass is 9.78.